The van der Waals surface area contributed by atoms with Crippen LogP contribution in [0.2, 0.25) is 0 Å². The molecule has 3 aromatic heterocycles. The molecule has 0 radical (unpaired) electrons. The summed E-state index contributed by atoms with van der Waals surface area (Å²) >= 11 is 1.29. The third kappa shape index (κ3) is 4.37. The Morgan fingerprint density at radius 2 is 2.00 bits per heavy atom. The molecule has 0 saturated carbocycles. The zero-order valence-corrected chi connectivity index (χ0v) is 21.8. The van der Waals surface area contributed by atoms with Crippen molar-refractivity contribution >= 4 is 27.5 Å². The molecule has 1 saturated heterocycles. The van der Waals surface area contributed by atoms with E-state index >= 15 is 0 Å². The van der Waals surface area contributed by atoms with Crippen LogP contribution < -0.4 is 16.0 Å². The van der Waals surface area contributed by atoms with Crippen LogP contribution in [0.25, 0.3) is 15.2 Å². The SMILES string of the molecule is COc1ccc(F)cc1CCn1c(=O)n(C(C)C(=O)N2CCCC2)c(=O)c2c(C)c(-n3cccn3)sc21. The first-order chi connectivity index (χ1) is 17.8. The Hall–Kier alpha value is -3.73. The van der Waals surface area contributed by atoms with Crippen LogP contribution in [0.4, 0.5) is 4.39 Å². The van der Waals surface area contributed by atoms with Gasteiger partial charge < -0.3 is 9.64 Å². The highest BCUT2D eigenvalue weighted by atomic mass is 32.1. The summed E-state index contributed by atoms with van der Waals surface area (Å²) in [6, 6.07) is 5.07. The van der Waals surface area contributed by atoms with E-state index < -0.39 is 23.1 Å². The quantitative estimate of drug-likeness (QED) is 0.369. The van der Waals surface area contributed by atoms with Crippen LogP contribution in [0.1, 0.15) is 36.9 Å². The number of nitrogens with zero attached hydrogens (tertiary/aromatic N) is 5. The molecule has 1 amide bonds. The highest BCUT2D eigenvalue weighted by molar-refractivity contribution is 7.21. The topological polar surface area (TPSA) is 91.4 Å². The number of likely N-dealkylation sites (tertiary alicyclic amines) is 1. The molecular weight excluding hydrogens is 497 g/mol. The number of hydrogen-bond acceptors (Lipinski definition) is 6. The van der Waals surface area contributed by atoms with Crippen molar-refractivity contribution in [3.05, 3.63) is 74.4 Å². The van der Waals surface area contributed by atoms with Gasteiger partial charge in [-0.05, 0) is 62.9 Å². The van der Waals surface area contributed by atoms with Crippen molar-refractivity contribution in [1.29, 1.82) is 0 Å². The van der Waals surface area contributed by atoms with Crippen molar-refractivity contribution < 1.29 is 13.9 Å². The summed E-state index contributed by atoms with van der Waals surface area (Å²) in [4.78, 5) is 43.0. The minimum absolute atomic E-state index is 0.165. The van der Waals surface area contributed by atoms with Crippen molar-refractivity contribution in [2.45, 2.75) is 45.7 Å². The van der Waals surface area contributed by atoms with Crippen molar-refractivity contribution in [2.75, 3.05) is 20.2 Å². The number of ether oxygens (including phenoxy) is 1. The Labute approximate surface area is 216 Å². The van der Waals surface area contributed by atoms with E-state index in [0.717, 1.165) is 17.4 Å². The summed E-state index contributed by atoms with van der Waals surface area (Å²) in [5, 5.41) is 5.39. The first kappa shape index (κ1) is 24.9. The Balaban J connectivity index is 1.68. The minimum Gasteiger partial charge on any atom is -0.496 e. The summed E-state index contributed by atoms with van der Waals surface area (Å²) in [6.07, 6.45) is 5.51. The number of halogens is 1. The molecular formula is C26H28FN5O4S. The van der Waals surface area contributed by atoms with Gasteiger partial charge in [0.15, 0.2) is 0 Å². The molecule has 0 bridgehead atoms. The van der Waals surface area contributed by atoms with Crippen LogP contribution in [0.3, 0.4) is 0 Å². The summed E-state index contributed by atoms with van der Waals surface area (Å²) < 4.78 is 23.6. The average molecular weight is 526 g/mol. The third-order valence-electron chi connectivity index (χ3n) is 6.94. The number of benzene rings is 1. The maximum absolute atomic E-state index is 14.0. The van der Waals surface area contributed by atoms with E-state index in [1.54, 1.807) is 41.0 Å². The highest BCUT2D eigenvalue weighted by Crippen LogP contribution is 2.31. The fraction of sp³-hybridized carbons (Fsp3) is 0.385. The highest BCUT2D eigenvalue weighted by Gasteiger charge is 2.29. The van der Waals surface area contributed by atoms with E-state index in [0.29, 0.717) is 45.2 Å². The minimum atomic E-state index is -0.954. The molecule has 1 aliphatic heterocycles. The molecule has 1 aromatic carbocycles. The van der Waals surface area contributed by atoms with Crippen molar-refractivity contribution in [3.63, 3.8) is 0 Å². The van der Waals surface area contributed by atoms with Crippen molar-refractivity contribution in [2.24, 2.45) is 0 Å². The Morgan fingerprint density at radius 3 is 2.68 bits per heavy atom. The maximum atomic E-state index is 14.0. The van der Waals surface area contributed by atoms with E-state index in [-0.39, 0.29) is 18.9 Å². The van der Waals surface area contributed by atoms with Crippen LogP contribution >= 0.6 is 11.3 Å². The number of hydrogen-bond donors (Lipinski definition) is 0. The molecule has 5 rings (SSSR count). The number of rotatable bonds is 7. The molecule has 194 valence electrons. The van der Waals surface area contributed by atoms with Gasteiger partial charge in [0.2, 0.25) is 5.91 Å². The van der Waals surface area contributed by atoms with Gasteiger partial charge >= 0.3 is 5.69 Å². The van der Waals surface area contributed by atoms with Gasteiger partial charge in [0.05, 0.1) is 12.5 Å². The number of carbonyl (C=O) groups is 1. The van der Waals surface area contributed by atoms with Crippen LogP contribution in [0, 0.1) is 12.7 Å². The van der Waals surface area contributed by atoms with Crippen molar-refractivity contribution in [3.8, 4) is 10.8 Å². The number of aromatic nitrogens is 4. The monoisotopic (exact) mass is 525 g/mol. The molecule has 0 N–H and O–H groups in total. The number of fused-ring (bicyclic) bond motifs is 1. The van der Waals surface area contributed by atoms with Gasteiger partial charge in [-0.3, -0.25) is 14.2 Å². The van der Waals surface area contributed by atoms with Crippen LogP contribution in [-0.4, -0.2) is 49.9 Å². The lowest BCUT2D eigenvalue weighted by Gasteiger charge is -2.22. The standard InChI is InChI=1S/C26H28FN5O4S/c1-16-21-23(34)32(17(2)22(33)29-11-4-5-12-29)26(35)30(25(21)37-24(16)31-13-6-10-28-31)14-9-18-15-19(27)7-8-20(18)36-3/h6-8,10,13,15,17H,4-5,9,11-12,14H2,1-3H3. The Bertz CT molecular complexity index is 1580. The number of aryl methyl sites for hydroxylation is 3. The van der Waals surface area contributed by atoms with Gasteiger partial charge in [-0.1, -0.05) is 11.3 Å². The second-order valence-corrected chi connectivity index (χ2v) is 10.2. The predicted octanol–water partition coefficient (Wildman–Crippen LogP) is 3.29. The molecule has 4 heterocycles. The number of amides is 1. The lowest BCUT2D eigenvalue weighted by atomic mass is 10.1. The molecule has 9 nitrogen and oxygen atoms in total. The average Bonchev–Trinajstić information content (AvgIpc) is 3.65. The summed E-state index contributed by atoms with van der Waals surface area (Å²) in [7, 11) is 1.51. The van der Waals surface area contributed by atoms with Crippen LogP contribution in [-0.2, 0) is 17.8 Å². The smallest absolute Gasteiger partial charge is 0.332 e. The molecule has 1 unspecified atom stereocenters. The van der Waals surface area contributed by atoms with E-state index in [1.807, 2.05) is 6.92 Å². The number of thiophene rings is 1. The van der Waals surface area contributed by atoms with E-state index in [1.165, 1.54) is 35.1 Å². The van der Waals surface area contributed by atoms with Gasteiger partial charge in [-0.15, -0.1) is 0 Å². The number of methoxy groups -OCH3 is 1. The Morgan fingerprint density at radius 1 is 1.24 bits per heavy atom. The molecule has 37 heavy (non-hydrogen) atoms. The molecule has 1 fully saturated rings. The lowest BCUT2D eigenvalue weighted by molar-refractivity contribution is -0.133. The fourth-order valence-corrected chi connectivity index (χ4v) is 6.25. The predicted molar refractivity (Wildman–Crippen MR) is 139 cm³/mol. The summed E-state index contributed by atoms with van der Waals surface area (Å²) in [6.45, 7) is 4.83. The van der Waals surface area contributed by atoms with Gasteiger partial charge in [-0.25, -0.2) is 18.4 Å². The van der Waals surface area contributed by atoms with Crippen LogP contribution in [0.5, 0.6) is 5.75 Å². The van der Waals surface area contributed by atoms with Gasteiger partial charge in [0.25, 0.3) is 5.56 Å². The van der Waals surface area contributed by atoms with Crippen molar-refractivity contribution in [1.82, 2.24) is 23.8 Å². The summed E-state index contributed by atoms with van der Waals surface area (Å²) in [5.41, 5.74) is 0.218. The zero-order chi connectivity index (χ0) is 26.3. The second-order valence-electron chi connectivity index (χ2n) is 9.19. The fourth-order valence-electron chi connectivity index (χ4n) is 4.99. The Kier molecular flexibility index (Phi) is 6.72. The first-order valence-corrected chi connectivity index (χ1v) is 13.0. The second kappa shape index (κ2) is 9.97. The van der Waals surface area contributed by atoms with Gasteiger partial charge in [0, 0.05) is 37.6 Å². The first-order valence-electron chi connectivity index (χ1n) is 12.2. The normalized spacial score (nSPS) is 14.4. The van der Waals surface area contributed by atoms with Gasteiger partial charge in [0.1, 0.15) is 27.4 Å². The largest absolute Gasteiger partial charge is 0.496 e. The third-order valence-corrected chi connectivity index (χ3v) is 8.24. The van der Waals surface area contributed by atoms with E-state index in [2.05, 4.69) is 5.10 Å². The number of carbonyl (C=O) groups excluding carboxylic acids is 1. The summed E-state index contributed by atoms with van der Waals surface area (Å²) in [5.74, 6) is -0.137. The molecule has 0 spiro atoms. The molecule has 1 aliphatic rings. The van der Waals surface area contributed by atoms with Gasteiger partial charge in [-0.2, -0.15) is 5.10 Å². The molecule has 1 atom stereocenters. The zero-order valence-electron chi connectivity index (χ0n) is 20.9. The van der Waals surface area contributed by atoms with E-state index in [9.17, 15) is 18.8 Å². The van der Waals surface area contributed by atoms with Crippen LogP contribution in [0.15, 0.2) is 46.2 Å². The molecule has 4 aromatic rings. The molecule has 11 heteroatoms. The molecule has 0 aliphatic carbocycles. The van der Waals surface area contributed by atoms with E-state index in [4.69, 9.17) is 4.74 Å². The maximum Gasteiger partial charge on any atom is 0.332 e. The lowest BCUT2D eigenvalue weighted by Crippen LogP contribution is -2.46.